The van der Waals surface area contributed by atoms with Crippen LogP contribution in [0.1, 0.15) is 33.1 Å². The van der Waals surface area contributed by atoms with E-state index in [1.165, 1.54) is 4.90 Å². The Bertz CT molecular complexity index is 458. The highest BCUT2D eigenvalue weighted by Gasteiger charge is 2.24. The van der Waals surface area contributed by atoms with Gasteiger partial charge in [0.2, 0.25) is 0 Å². The lowest BCUT2D eigenvalue weighted by atomic mass is 10.1. The molecule has 116 valence electrons. The molecule has 1 aromatic carbocycles. The number of carboxylic acids is 1. The van der Waals surface area contributed by atoms with Crippen molar-refractivity contribution in [3.63, 3.8) is 0 Å². The number of rotatable bonds is 7. The molecule has 1 N–H and O–H groups in total. The molecule has 0 aromatic heterocycles. The van der Waals surface area contributed by atoms with E-state index in [2.05, 4.69) is 0 Å². The lowest BCUT2D eigenvalue weighted by molar-refractivity contribution is -0.136. The minimum Gasteiger partial charge on any atom is -0.481 e. The normalized spacial score (nSPS) is 10.5. The molecule has 0 aliphatic carbocycles. The predicted molar refractivity (Wildman–Crippen MR) is 83.6 cm³/mol. The largest absolute Gasteiger partial charge is 0.481 e. The van der Waals surface area contributed by atoms with Crippen LogP contribution in [-0.4, -0.2) is 41.6 Å². The summed E-state index contributed by atoms with van der Waals surface area (Å²) in [5.41, 5.74) is 0.724. The van der Waals surface area contributed by atoms with Crippen LogP contribution in [0.25, 0.3) is 0 Å². The third-order valence-corrected chi connectivity index (χ3v) is 3.64. The summed E-state index contributed by atoms with van der Waals surface area (Å²) in [7, 11) is 1.77. The maximum atomic E-state index is 12.7. The van der Waals surface area contributed by atoms with Gasteiger partial charge in [0.15, 0.2) is 0 Å². The first-order chi connectivity index (χ1) is 10.0. The zero-order valence-corrected chi connectivity index (χ0v) is 13.0. The Morgan fingerprint density at radius 1 is 1.14 bits per heavy atom. The molecular formula is C16H24N2O3. The molecule has 0 heterocycles. The van der Waals surface area contributed by atoms with Crippen LogP contribution in [0.2, 0.25) is 0 Å². The van der Waals surface area contributed by atoms with E-state index in [-0.39, 0.29) is 25.0 Å². The summed E-state index contributed by atoms with van der Waals surface area (Å²) in [6.07, 6.45) is 1.68. The van der Waals surface area contributed by atoms with E-state index in [9.17, 15) is 9.59 Å². The Hall–Kier alpha value is -2.04. The molecule has 1 aromatic rings. The van der Waals surface area contributed by atoms with Crippen LogP contribution in [0.4, 0.5) is 10.5 Å². The van der Waals surface area contributed by atoms with E-state index < -0.39 is 5.97 Å². The van der Waals surface area contributed by atoms with Crippen LogP contribution in [0.3, 0.4) is 0 Å². The van der Waals surface area contributed by atoms with Gasteiger partial charge in [0.1, 0.15) is 0 Å². The first-order valence-electron chi connectivity index (χ1n) is 7.32. The van der Waals surface area contributed by atoms with Crippen LogP contribution < -0.4 is 4.90 Å². The molecule has 0 fully saturated rings. The van der Waals surface area contributed by atoms with Crippen LogP contribution in [-0.2, 0) is 4.79 Å². The van der Waals surface area contributed by atoms with Crippen LogP contribution in [0.15, 0.2) is 30.3 Å². The van der Waals surface area contributed by atoms with Crippen molar-refractivity contribution in [1.82, 2.24) is 4.90 Å². The summed E-state index contributed by atoms with van der Waals surface area (Å²) in [5, 5.41) is 8.88. The van der Waals surface area contributed by atoms with Crippen LogP contribution in [0.5, 0.6) is 0 Å². The Morgan fingerprint density at radius 2 is 1.71 bits per heavy atom. The van der Waals surface area contributed by atoms with Gasteiger partial charge < -0.3 is 10.0 Å². The number of nitrogens with zero attached hydrogens (tertiary/aromatic N) is 2. The molecule has 0 spiro atoms. The molecule has 0 bridgehead atoms. The fourth-order valence-corrected chi connectivity index (χ4v) is 2.33. The van der Waals surface area contributed by atoms with Crippen molar-refractivity contribution >= 4 is 17.7 Å². The number of urea groups is 1. The third kappa shape index (κ3) is 4.77. The lowest BCUT2D eigenvalue weighted by Crippen LogP contribution is -2.46. The molecule has 0 saturated heterocycles. The topological polar surface area (TPSA) is 60.9 Å². The van der Waals surface area contributed by atoms with Gasteiger partial charge in [-0.05, 0) is 25.0 Å². The monoisotopic (exact) mass is 292 g/mol. The Labute approximate surface area is 126 Å². The molecule has 5 heteroatoms. The average molecular weight is 292 g/mol. The summed E-state index contributed by atoms with van der Waals surface area (Å²) >= 11 is 0. The van der Waals surface area contributed by atoms with E-state index >= 15 is 0 Å². The van der Waals surface area contributed by atoms with E-state index in [0.29, 0.717) is 0 Å². The van der Waals surface area contributed by atoms with Gasteiger partial charge in [-0.2, -0.15) is 0 Å². The standard InChI is InChI=1S/C16H24N2O3/c1-4-13(5-2)17(3)16(21)18(12-11-15(19)20)14-9-7-6-8-10-14/h6-10,13H,4-5,11-12H2,1-3H3,(H,19,20). The number of hydrogen-bond acceptors (Lipinski definition) is 2. The maximum Gasteiger partial charge on any atom is 0.324 e. The molecule has 0 saturated carbocycles. The summed E-state index contributed by atoms with van der Waals surface area (Å²) < 4.78 is 0. The highest BCUT2D eigenvalue weighted by Crippen LogP contribution is 2.18. The smallest absolute Gasteiger partial charge is 0.324 e. The molecule has 0 radical (unpaired) electrons. The van der Waals surface area contributed by atoms with E-state index in [0.717, 1.165) is 18.5 Å². The number of carbonyl (C=O) groups is 2. The Balaban J connectivity index is 2.95. The zero-order chi connectivity index (χ0) is 15.8. The molecule has 5 nitrogen and oxygen atoms in total. The van der Waals surface area contributed by atoms with Crippen molar-refractivity contribution in [3.05, 3.63) is 30.3 Å². The van der Waals surface area contributed by atoms with Crippen molar-refractivity contribution < 1.29 is 14.7 Å². The SMILES string of the molecule is CCC(CC)N(C)C(=O)N(CCC(=O)O)c1ccccc1. The maximum absolute atomic E-state index is 12.7. The van der Waals surface area contributed by atoms with Gasteiger partial charge >= 0.3 is 12.0 Å². The summed E-state index contributed by atoms with van der Waals surface area (Å²) in [6.45, 7) is 4.26. The quantitative estimate of drug-likeness (QED) is 0.839. The molecule has 0 aliphatic rings. The first-order valence-corrected chi connectivity index (χ1v) is 7.32. The molecule has 0 aliphatic heterocycles. The van der Waals surface area contributed by atoms with Gasteiger partial charge in [-0.25, -0.2) is 4.79 Å². The number of benzene rings is 1. The zero-order valence-electron chi connectivity index (χ0n) is 13.0. The Kier molecular flexibility index (Phi) is 6.72. The van der Waals surface area contributed by atoms with Crippen molar-refractivity contribution in [3.8, 4) is 0 Å². The molecule has 21 heavy (non-hydrogen) atoms. The number of para-hydroxylation sites is 1. The second-order valence-corrected chi connectivity index (χ2v) is 4.99. The van der Waals surface area contributed by atoms with E-state index in [4.69, 9.17) is 5.11 Å². The van der Waals surface area contributed by atoms with E-state index in [1.54, 1.807) is 11.9 Å². The lowest BCUT2D eigenvalue weighted by Gasteiger charge is -2.32. The summed E-state index contributed by atoms with van der Waals surface area (Å²) in [5.74, 6) is -0.908. The van der Waals surface area contributed by atoms with E-state index in [1.807, 2.05) is 44.2 Å². The highest BCUT2D eigenvalue weighted by atomic mass is 16.4. The minimum atomic E-state index is -0.908. The molecule has 0 unspecified atom stereocenters. The molecule has 0 atom stereocenters. The second-order valence-electron chi connectivity index (χ2n) is 4.99. The van der Waals surface area contributed by atoms with Crippen LogP contribution in [0, 0.1) is 0 Å². The second kappa shape index (κ2) is 8.29. The van der Waals surface area contributed by atoms with Crippen molar-refractivity contribution in [2.24, 2.45) is 0 Å². The number of aliphatic carboxylic acids is 1. The minimum absolute atomic E-state index is 0.0720. The van der Waals surface area contributed by atoms with Gasteiger partial charge in [-0.15, -0.1) is 0 Å². The molecule has 2 amide bonds. The number of carbonyl (C=O) groups excluding carboxylic acids is 1. The number of hydrogen-bond donors (Lipinski definition) is 1. The van der Waals surface area contributed by atoms with Crippen LogP contribution >= 0.6 is 0 Å². The van der Waals surface area contributed by atoms with Crippen molar-refractivity contribution in [2.75, 3.05) is 18.5 Å². The highest BCUT2D eigenvalue weighted by molar-refractivity contribution is 5.92. The summed E-state index contributed by atoms with van der Waals surface area (Å²) in [6, 6.07) is 9.19. The Morgan fingerprint density at radius 3 is 2.19 bits per heavy atom. The van der Waals surface area contributed by atoms with Gasteiger partial charge in [0, 0.05) is 25.3 Å². The number of anilines is 1. The molecular weight excluding hydrogens is 268 g/mol. The number of carboxylic acid groups (broad SMARTS) is 1. The fraction of sp³-hybridized carbons (Fsp3) is 0.500. The fourth-order valence-electron chi connectivity index (χ4n) is 2.33. The van der Waals surface area contributed by atoms with Gasteiger partial charge in [0.05, 0.1) is 6.42 Å². The third-order valence-electron chi connectivity index (χ3n) is 3.64. The number of amides is 2. The van der Waals surface area contributed by atoms with Gasteiger partial charge in [-0.1, -0.05) is 32.0 Å². The first kappa shape index (κ1) is 17.0. The molecule has 1 rings (SSSR count). The summed E-state index contributed by atoms with van der Waals surface area (Å²) in [4.78, 5) is 26.7. The van der Waals surface area contributed by atoms with Gasteiger partial charge in [0.25, 0.3) is 0 Å². The van der Waals surface area contributed by atoms with Gasteiger partial charge in [-0.3, -0.25) is 9.69 Å². The average Bonchev–Trinajstić information content (AvgIpc) is 2.49. The van der Waals surface area contributed by atoms with Crippen molar-refractivity contribution in [1.29, 1.82) is 0 Å². The predicted octanol–water partition coefficient (Wildman–Crippen LogP) is 3.21. The van der Waals surface area contributed by atoms with Crippen molar-refractivity contribution in [2.45, 2.75) is 39.2 Å².